The molecule has 3 heterocycles. The van der Waals surface area contributed by atoms with Crippen molar-refractivity contribution in [3.63, 3.8) is 0 Å². The van der Waals surface area contributed by atoms with Gasteiger partial charge in [-0.3, -0.25) is 9.58 Å². The summed E-state index contributed by atoms with van der Waals surface area (Å²) >= 11 is 0. The minimum atomic E-state index is -3.48. The summed E-state index contributed by atoms with van der Waals surface area (Å²) in [6, 6.07) is 10.6. The molecule has 7 nitrogen and oxygen atoms in total. The number of hydrogen-bond donors (Lipinski definition) is 1. The maximum Gasteiger partial charge on any atom is 0.243 e. The zero-order chi connectivity index (χ0) is 18.1. The smallest absolute Gasteiger partial charge is 0.243 e. The van der Waals surface area contributed by atoms with E-state index in [4.69, 9.17) is 0 Å². The van der Waals surface area contributed by atoms with Crippen LogP contribution in [0.25, 0.3) is 0 Å². The molecule has 8 heteroatoms. The number of sulfonamides is 1. The molecule has 0 bridgehead atoms. The number of hydrogen-bond acceptors (Lipinski definition) is 5. The van der Waals surface area contributed by atoms with Gasteiger partial charge in [-0.2, -0.15) is 9.40 Å². The zero-order valence-corrected chi connectivity index (χ0v) is 15.5. The van der Waals surface area contributed by atoms with Crippen LogP contribution in [0.4, 0.5) is 0 Å². The van der Waals surface area contributed by atoms with E-state index in [0.717, 1.165) is 30.8 Å². The number of rotatable bonds is 4. The van der Waals surface area contributed by atoms with Crippen LogP contribution in [0.15, 0.2) is 41.3 Å². The maximum absolute atomic E-state index is 12.8. The van der Waals surface area contributed by atoms with Crippen LogP contribution in [0.3, 0.4) is 0 Å². The Morgan fingerprint density at radius 1 is 1.15 bits per heavy atom. The fourth-order valence-corrected chi connectivity index (χ4v) is 5.15. The molecule has 0 saturated carbocycles. The molecule has 0 unspecified atom stereocenters. The molecular weight excluding hydrogens is 352 g/mol. The van der Waals surface area contributed by atoms with E-state index in [1.54, 1.807) is 24.3 Å². The first kappa shape index (κ1) is 17.7. The Morgan fingerprint density at radius 3 is 2.73 bits per heavy atom. The molecule has 0 spiro atoms. The molecule has 1 aromatic carbocycles. The van der Waals surface area contributed by atoms with E-state index < -0.39 is 10.0 Å². The molecule has 0 aliphatic carbocycles. The van der Waals surface area contributed by atoms with Crippen LogP contribution in [0.2, 0.25) is 0 Å². The first-order valence-electron chi connectivity index (χ1n) is 9.03. The van der Waals surface area contributed by atoms with Crippen LogP contribution in [-0.2, 0) is 29.7 Å². The molecular formula is C18H24N4O3S. The summed E-state index contributed by atoms with van der Waals surface area (Å²) in [6.07, 6.45) is 1.60. The molecule has 0 amide bonds. The van der Waals surface area contributed by atoms with Crippen molar-refractivity contribution in [1.29, 1.82) is 0 Å². The largest absolute Gasteiger partial charge is 0.392 e. The molecule has 1 saturated heterocycles. The minimum Gasteiger partial charge on any atom is -0.392 e. The fourth-order valence-electron chi connectivity index (χ4n) is 3.73. The van der Waals surface area contributed by atoms with Gasteiger partial charge in [-0.05, 0) is 37.6 Å². The lowest BCUT2D eigenvalue weighted by Gasteiger charge is -2.29. The molecule has 140 valence electrons. The number of likely N-dealkylation sites (tertiary alicyclic amines) is 1. The van der Waals surface area contributed by atoms with Gasteiger partial charge in [0.05, 0.1) is 35.5 Å². The lowest BCUT2D eigenvalue weighted by atomic mass is 10.1. The van der Waals surface area contributed by atoms with E-state index in [2.05, 4.69) is 10.00 Å². The molecule has 1 fully saturated rings. The SMILES string of the molecule is O=S(=O)(c1ccccc1)N1CCn2nc(CN3CCC[C@@H](O)C3)cc2C1. The van der Waals surface area contributed by atoms with Gasteiger partial charge in [0.15, 0.2) is 0 Å². The van der Waals surface area contributed by atoms with Crippen molar-refractivity contribution >= 4 is 10.0 Å². The molecule has 2 aromatic rings. The molecule has 2 aliphatic rings. The lowest BCUT2D eigenvalue weighted by Crippen LogP contribution is -2.38. The number of β-amino-alcohol motifs (C(OH)–C–C–N with tert-alkyl or cyclic N) is 1. The average Bonchev–Trinajstić information content (AvgIpc) is 3.04. The molecule has 1 atom stereocenters. The summed E-state index contributed by atoms with van der Waals surface area (Å²) in [6.45, 7) is 3.66. The van der Waals surface area contributed by atoms with Crippen molar-refractivity contribution in [2.24, 2.45) is 0 Å². The summed E-state index contributed by atoms with van der Waals surface area (Å²) in [7, 11) is -3.48. The Balaban J connectivity index is 1.48. The quantitative estimate of drug-likeness (QED) is 0.863. The number of aliphatic hydroxyl groups excluding tert-OH is 1. The predicted molar refractivity (Wildman–Crippen MR) is 96.8 cm³/mol. The van der Waals surface area contributed by atoms with Gasteiger partial charge < -0.3 is 5.11 Å². The van der Waals surface area contributed by atoms with E-state index in [9.17, 15) is 13.5 Å². The van der Waals surface area contributed by atoms with Crippen molar-refractivity contribution in [3.8, 4) is 0 Å². The second-order valence-corrected chi connectivity index (χ2v) is 8.97. The predicted octanol–water partition coefficient (Wildman–Crippen LogP) is 1.04. The zero-order valence-electron chi connectivity index (χ0n) is 14.7. The number of piperidine rings is 1. The topological polar surface area (TPSA) is 78.7 Å². The van der Waals surface area contributed by atoms with Crippen molar-refractivity contribution < 1.29 is 13.5 Å². The first-order valence-corrected chi connectivity index (χ1v) is 10.5. The van der Waals surface area contributed by atoms with Crippen LogP contribution in [0.1, 0.15) is 24.2 Å². The van der Waals surface area contributed by atoms with Crippen molar-refractivity contribution in [2.75, 3.05) is 19.6 Å². The summed E-state index contributed by atoms with van der Waals surface area (Å²) < 4.78 is 29.1. The van der Waals surface area contributed by atoms with E-state index >= 15 is 0 Å². The van der Waals surface area contributed by atoms with E-state index in [-0.39, 0.29) is 6.10 Å². The molecule has 26 heavy (non-hydrogen) atoms. The van der Waals surface area contributed by atoms with E-state index in [1.807, 2.05) is 16.8 Å². The highest BCUT2D eigenvalue weighted by atomic mass is 32.2. The van der Waals surface area contributed by atoms with Crippen molar-refractivity contribution in [3.05, 3.63) is 47.8 Å². The third-order valence-corrected chi connectivity index (χ3v) is 6.92. The third kappa shape index (κ3) is 3.55. The van der Waals surface area contributed by atoms with Crippen LogP contribution < -0.4 is 0 Å². The average molecular weight is 376 g/mol. The lowest BCUT2D eigenvalue weighted by molar-refractivity contribution is 0.0661. The Kier molecular flexibility index (Phi) is 4.83. The summed E-state index contributed by atoms with van der Waals surface area (Å²) in [5.41, 5.74) is 1.86. The van der Waals surface area contributed by atoms with Crippen LogP contribution in [0.5, 0.6) is 0 Å². The maximum atomic E-state index is 12.8. The number of aromatic nitrogens is 2. The minimum absolute atomic E-state index is 0.257. The molecule has 4 rings (SSSR count). The third-order valence-electron chi connectivity index (χ3n) is 5.06. The summed E-state index contributed by atoms with van der Waals surface area (Å²) in [4.78, 5) is 2.54. The highest BCUT2D eigenvalue weighted by Gasteiger charge is 2.29. The monoisotopic (exact) mass is 376 g/mol. The molecule has 0 radical (unpaired) electrons. The van der Waals surface area contributed by atoms with Gasteiger partial charge in [0.25, 0.3) is 0 Å². The Morgan fingerprint density at radius 2 is 1.96 bits per heavy atom. The number of fused-ring (bicyclic) bond motifs is 1. The molecule has 1 aromatic heterocycles. The molecule has 1 N–H and O–H groups in total. The van der Waals surface area contributed by atoms with Gasteiger partial charge in [-0.1, -0.05) is 18.2 Å². The van der Waals surface area contributed by atoms with Crippen molar-refractivity contribution in [2.45, 2.75) is 43.5 Å². The van der Waals surface area contributed by atoms with Gasteiger partial charge in [0.2, 0.25) is 10.0 Å². The second kappa shape index (κ2) is 7.11. The van der Waals surface area contributed by atoms with Gasteiger partial charge in [-0.15, -0.1) is 0 Å². The number of nitrogens with zero attached hydrogens (tertiary/aromatic N) is 4. The highest BCUT2D eigenvalue weighted by molar-refractivity contribution is 7.89. The first-order chi connectivity index (χ1) is 12.5. The fraction of sp³-hybridized carbons (Fsp3) is 0.500. The summed E-state index contributed by atoms with van der Waals surface area (Å²) in [5.74, 6) is 0. The normalized spacial score (nSPS) is 22.3. The van der Waals surface area contributed by atoms with Crippen LogP contribution in [0, 0.1) is 0 Å². The Hall–Kier alpha value is -1.74. The van der Waals surface area contributed by atoms with Crippen molar-refractivity contribution in [1.82, 2.24) is 19.0 Å². The Bertz CT molecular complexity index is 866. The standard InChI is InChI=1S/C18H24N4O3S/c23-17-5-4-8-20(14-17)12-15-11-16-13-21(9-10-22(16)19-15)26(24,25)18-6-2-1-3-7-18/h1-3,6-7,11,17,23H,4-5,8-10,12-14H2/t17-/m1/s1. The second-order valence-electron chi connectivity index (χ2n) is 7.03. The van der Waals surface area contributed by atoms with Crippen LogP contribution in [-0.4, -0.2) is 58.2 Å². The number of benzene rings is 1. The highest BCUT2D eigenvalue weighted by Crippen LogP contribution is 2.22. The Labute approximate surface area is 153 Å². The molecule has 2 aliphatic heterocycles. The van der Waals surface area contributed by atoms with E-state index in [0.29, 0.717) is 37.6 Å². The van der Waals surface area contributed by atoms with Gasteiger partial charge in [0, 0.05) is 19.6 Å². The van der Waals surface area contributed by atoms with E-state index in [1.165, 1.54) is 4.31 Å². The van der Waals surface area contributed by atoms with Gasteiger partial charge in [-0.25, -0.2) is 8.42 Å². The number of aliphatic hydroxyl groups is 1. The van der Waals surface area contributed by atoms with Gasteiger partial charge in [0.1, 0.15) is 0 Å². The van der Waals surface area contributed by atoms with Gasteiger partial charge >= 0.3 is 0 Å². The van der Waals surface area contributed by atoms with Crippen LogP contribution >= 0.6 is 0 Å². The summed E-state index contributed by atoms with van der Waals surface area (Å²) in [5, 5.41) is 14.4.